The van der Waals surface area contributed by atoms with E-state index in [9.17, 15) is 0 Å². The number of rotatable bonds is 2. The maximum absolute atomic E-state index is 5.31. The summed E-state index contributed by atoms with van der Waals surface area (Å²) in [6.07, 6.45) is 0. The third-order valence-electron chi connectivity index (χ3n) is 0.812. The molecule has 0 bridgehead atoms. The first-order chi connectivity index (χ1) is 2.81. The van der Waals surface area contributed by atoms with Crippen LogP contribution >= 0.6 is 0 Å². The van der Waals surface area contributed by atoms with Gasteiger partial charge in [-0.05, 0) is 13.1 Å². The first-order valence-electron chi connectivity index (χ1n) is 2.30. The van der Waals surface area contributed by atoms with E-state index in [0.29, 0.717) is 0 Å². The van der Waals surface area contributed by atoms with Crippen LogP contribution in [0.1, 0.15) is 13.8 Å². The van der Waals surface area contributed by atoms with Gasteiger partial charge in [0.05, 0.1) is 0 Å². The highest BCUT2D eigenvalue weighted by Crippen LogP contribution is 1.72. The second-order valence-corrected chi connectivity index (χ2v) is 1.22. The summed E-state index contributed by atoms with van der Waals surface area (Å²) in [5.41, 5.74) is 0. The lowest BCUT2D eigenvalue weighted by atomic mass is 10.3. The van der Waals surface area contributed by atoms with Crippen LogP contribution in [0.25, 0.3) is 0 Å². The fraction of sp³-hybridized carbons (Fsp3) is 1.00. The summed E-state index contributed by atoms with van der Waals surface area (Å²) in [5.74, 6) is 0. The molecule has 0 aromatic heterocycles. The van der Waals surface area contributed by atoms with Gasteiger partial charge in [-0.15, -0.1) is 0 Å². The number of hydrogen-bond donors (Lipinski definition) is 0. The second-order valence-electron chi connectivity index (χ2n) is 1.22. The van der Waals surface area contributed by atoms with Crippen molar-refractivity contribution in [3.63, 3.8) is 0 Å². The van der Waals surface area contributed by atoms with E-state index in [1.165, 1.54) is 0 Å². The van der Waals surface area contributed by atoms with Gasteiger partial charge in [-0.3, -0.25) is 0 Å². The minimum atomic E-state index is 0.941. The molecule has 2 heteroatoms. The van der Waals surface area contributed by atoms with Crippen molar-refractivity contribution in [1.29, 1.82) is 0 Å². The average molecular weight is 82.9 g/mol. The number of nitrogens with zero attached hydrogens (tertiary/aromatic N) is 1. The van der Waals surface area contributed by atoms with Crippen molar-refractivity contribution in [3.05, 3.63) is 0 Å². The molecular weight excluding hydrogens is 72.9 g/mol. The van der Waals surface area contributed by atoms with E-state index in [4.69, 9.17) is 7.98 Å². The Hall–Kier alpha value is 0.0249. The monoisotopic (exact) mass is 83.1 g/mol. The first-order valence-corrected chi connectivity index (χ1v) is 2.30. The highest BCUT2D eigenvalue weighted by Gasteiger charge is 1.81. The molecule has 0 spiro atoms. The van der Waals surface area contributed by atoms with E-state index < -0.39 is 0 Å². The van der Waals surface area contributed by atoms with Crippen LogP contribution in [0, 0.1) is 0 Å². The second kappa shape index (κ2) is 3.22. The van der Waals surface area contributed by atoms with Gasteiger partial charge < -0.3 is 4.81 Å². The normalized spacial score (nSPS) is 9.83. The average Bonchev–Trinajstić information content (AvgIpc) is 1.65. The Morgan fingerprint density at radius 2 is 1.67 bits per heavy atom. The SMILES string of the molecule is [B]N(CC)CC. The molecule has 0 fully saturated rings. The summed E-state index contributed by atoms with van der Waals surface area (Å²) in [5, 5.41) is 0. The molecule has 6 heavy (non-hydrogen) atoms. The van der Waals surface area contributed by atoms with Crippen LogP contribution in [0.5, 0.6) is 0 Å². The molecule has 34 valence electrons. The zero-order valence-electron chi connectivity index (χ0n) is 4.44. The molecule has 0 aliphatic carbocycles. The molecule has 0 atom stereocenters. The quantitative estimate of drug-likeness (QED) is 0.437. The van der Waals surface area contributed by atoms with E-state index in [0.717, 1.165) is 13.1 Å². The molecule has 0 N–H and O–H groups in total. The standard InChI is InChI=1S/C4H10BN/c1-3-6(5)4-2/h3-4H2,1-2H3. The van der Waals surface area contributed by atoms with E-state index >= 15 is 0 Å². The van der Waals surface area contributed by atoms with Crippen molar-refractivity contribution in [2.75, 3.05) is 13.1 Å². The Kier molecular flexibility index (Phi) is 3.24. The topological polar surface area (TPSA) is 3.24 Å². The Labute approximate surface area is 40.8 Å². The Morgan fingerprint density at radius 1 is 1.33 bits per heavy atom. The summed E-state index contributed by atoms with van der Waals surface area (Å²) >= 11 is 0. The third kappa shape index (κ3) is 2.27. The largest absolute Gasteiger partial charge is 0.354 e. The lowest BCUT2D eigenvalue weighted by Gasteiger charge is -2.07. The fourth-order valence-electron chi connectivity index (χ4n) is 0.224. The molecule has 0 aliphatic rings. The van der Waals surface area contributed by atoms with Crippen LogP contribution in [-0.4, -0.2) is 25.9 Å². The van der Waals surface area contributed by atoms with Gasteiger partial charge in [-0.25, -0.2) is 0 Å². The molecule has 0 heterocycles. The zero-order valence-corrected chi connectivity index (χ0v) is 4.44. The van der Waals surface area contributed by atoms with Gasteiger partial charge in [0.25, 0.3) is 0 Å². The smallest absolute Gasteiger partial charge is 0.182 e. The molecule has 1 nitrogen and oxygen atoms in total. The van der Waals surface area contributed by atoms with E-state index in [-0.39, 0.29) is 0 Å². The van der Waals surface area contributed by atoms with E-state index in [2.05, 4.69) is 0 Å². The van der Waals surface area contributed by atoms with Crippen molar-refractivity contribution in [2.45, 2.75) is 13.8 Å². The zero-order chi connectivity index (χ0) is 4.99. The van der Waals surface area contributed by atoms with Gasteiger partial charge in [-0.1, -0.05) is 13.8 Å². The molecule has 2 radical (unpaired) electrons. The van der Waals surface area contributed by atoms with Crippen LogP contribution in [0.15, 0.2) is 0 Å². The summed E-state index contributed by atoms with van der Waals surface area (Å²) in [6.45, 7) is 5.94. The van der Waals surface area contributed by atoms with Gasteiger partial charge in [0.15, 0.2) is 7.98 Å². The van der Waals surface area contributed by atoms with Gasteiger partial charge in [-0.2, -0.15) is 0 Å². The highest BCUT2D eigenvalue weighted by molar-refractivity contribution is 6.04. The summed E-state index contributed by atoms with van der Waals surface area (Å²) < 4.78 is 0. The maximum atomic E-state index is 5.31. The highest BCUT2D eigenvalue weighted by atomic mass is 15.0. The van der Waals surface area contributed by atoms with Gasteiger partial charge in [0.1, 0.15) is 0 Å². The molecule has 0 saturated carbocycles. The predicted molar refractivity (Wildman–Crippen MR) is 28.7 cm³/mol. The van der Waals surface area contributed by atoms with E-state index in [1.54, 1.807) is 4.81 Å². The molecule has 0 aliphatic heterocycles. The third-order valence-corrected chi connectivity index (χ3v) is 0.812. The van der Waals surface area contributed by atoms with Gasteiger partial charge >= 0.3 is 0 Å². The van der Waals surface area contributed by atoms with E-state index in [1.807, 2.05) is 13.8 Å². The minimum Gasteiger partial charge on any atom is -0.354 e. The van der Waals surface area contributed by atoms with Crippen molar-refractivity contribution in [2.24, 2.45) is 0 Å². The Balaban J connectivity index is 2.75. The first kappa shape index (κ1) is 6.02. The van der Waals surface area contributed by atoms with Gasteiger partial charge in [0.2, 0.25) is 0 Å². The lowest BCUT2D eigenvalue weighted by Crippen LogP contribution is -2.17. The molecular formula is C4H10BN. The molecule has 0 saturated heterocycles. The molecule has 0 aromatic rings. The Bertz CT molecular complexity index is 26.7. The summed E-state index contributed by atoms with van der Waals surface area (Å²) in [7, 11) is 5.31. The molecule has 0 aromatic carbocycles. The lowest BCUT2D eigenvalue weighted by molar-refractivity contribution is 0.505. The molecule has 0 unspecified atom stereocenters. The molecule has 0 amide bonds. The predicted octanol–water partition coefficient (Wildman–Crippen LogP) is 0.412. The summed E-state index contributed by atoms with van der Waals surface area (Å²) in [6, 6.07) is 0. The molecule has 0 rings (SSSR count). The number of hydrogen-bond acceptors (Lipinski definition) is 1. The van der Waals surface area contributed by atoms with Crippen LogP contribution < -0.4 is 0 Å². The minimum absolute atomic E-state index is 0.941. The van der Waals surface area contributed by atoms with Crippen molar-refractivity contribution in [1.82, 2.24) is 4.81 Å². The van der Waals surface area contributed by atoms with Crippen LogP contribution in [-0.2, 0) is 0 Å². The van der Waals surface area contributed by atoms with Crippen LogP contribution in [0.4, 0.5) is 0 Å². The van der Waals surface area contributed by atoms with Gasteiger partial charge in [0, 0.05) is 0 Å². The van der Waals surface area contributed by atoms with Crippen molar-refractivity contribution >= 4 is 7.98 Å². The Morgan fingerprint density at radius 3 is 1.67 bits per heavy atom. The van der Waals surface area contributed by atoms with Crippen molar-refractivity contribution in [3.8, 4) is 0 Å². The summed E-state index contributed by atoms with van der Waals surface area (Å²) in [4.78, 5) is 1.75. The van der Waals surface area contributed by atoms with Crippen LogP contribution in [0.2, 0.25) is 0 Å². The fourth-order valence-corrected chi connectivity index (χ4v) is 0.224. The van der Waals surface area contributed by atoms with Crippen molar-refractivity contribution < 1.29 is 0 Å². The maximum Gasteiger partial charge on any atom is 0.182 e. The van der Waals surface area contributed by atoms with Crippen LogP contribution in [0.3, 0.4) is 0 Å².